The van der Waals surface area contributed by atoms with E-state index in [4.69, 9.17) is 0 Å². The van der Waals surface area contributed by atoms with Crippen molar-refractivity contribution in [3.8, 4) is 0 Å². The summed E-state index contributed by atoms with van der Waals surface area (Å²) >= 11 is 0. The van der Waals surface area contributed by atoms with Gasteiger partial charge in [-0.2, -0.15) is 4.31 Å². The molecule has 1 fully saturated rings. The lowest BCUT2D eigenvalue weighted by atomic mass is 9.97. The molecular formula is C20H24N2O3S. The molecule has 0 spiro atoms. The number of hydrogen-bond donors (Lipinski definition) is 1. The fourth-order valence-corrected chi connectivity index (χ4v) is 4.69. The fourth-order valence-electron chi connectivity index (χ4n) is 3.18. The Bertz CT molecular complexity index is 842. The third kappa shape index (κ3) is 4.31. The van der Waals surface area contributed by atoms with Gasteiger partial charge in [0.15, 0.2) is 0 Å². The van der Waals surface area contributed by atoms with Gasteiger partial charge in [-0.3, -0.25) is 4.79 Å². The molecule has 1 aliphatic rings. The maximum atomic E-state index is 12.5. The largest absolute Gasteiger partial charge is 0.326 e. The molecule has 1 heterocycles. The van der Waals surface area contributed by atoms with Gasteiger partial charge < -0.3 is 5.32 Å². The van der Waals surface area contributed by atoms with Crippen LogP contribution < -0.4 is 5.32 Å². The molecule has 0 bridgehead atoms. The van der Waals surface area contributed by atoms with Crippen LogP contribution in [0.1, 0.15) is 37.7 Å². The predicted molar refractivity (Wildman–Crippen MR) is 103 cm³/mol. The number of carbonyl (C=O) groups excluding carboxylic acids is 1. The lowest BCUT2D eigenvalue weighted by Gasteiger charge is -2.16. The van der Waals surface area contributed by atoms with E-state index in [1.165, 1.54) is 4.31 Å². The van der Waals surface area contributed by atoms with Gasteiger partial charge in [-0.1, -0.05) is 37.3 Å². The fraction of sp³-hybridized carbons (Fsp3) is 0.350. The highest BCUT2D eigenvalue weighted by Crippen LogP contribution is 2.23. The van der Waals surface area contributed by atoms with Crippen molar-refractivity contribution in [2.24, 2.45) is 0 Å². The minimum Gasteiger partial charge on any atom is -0.326 e. The molecule has 0 aromatic heterocycles. The zero-order valence-corrected chi connectivity index (χ0v) is 15.7. The van der Waals surface area contributed by atoms with E-state index in [1.54, 1.807) is 24.3 Å². The molecule has 0 unspecified atom stereocenters. The van der Waals surface area contributed by atoms with E-state index in [9.17, 15) is 13.2 Å². The van der Waals surface area contributed by atoms with E-state index in [-0.39, 0.29) is 16.7 Å². The van der Waals surface area contributed by atoms with Crippen molar-refractivity contribution in [3.05, 3.63) is 60.2 Å². The van der Waals surface area contributed by atoms with E-state index < -0.39 is 10.0 Å². The zero-order chi connectivity index (χ0) is 18.6. The second-order valence-corrected chi connectivity index (χ2v) is 8.64. The number of nitrogens with one attached hydrogen (secondary N) is 1. The van der Waals surface area contributed by atoms with Crippen LogP contribution >= 0.6 is 0 Å². The predicted octanol–water partition coefficient (Wildman–Crippen LogP) is 3.60. The molecule has 1 aliphatic heterocycles. The van der Waals surface area contributed by atoms with Gasteiger partial charge in [0, 0.05) is 25.2 Å². The minimum atomic E-state index is -3.42. The Morgan fingerprint density at radius 1 is 1.04 bits per heavy atom. The Hall–Kier alpha value is -2.18. The third-order valence-corrected chi connectivity index (χ3v) is 6.61. The van der Waals surface area contributed by atoms with Gasteiger partial charge in [-0.25, -0.2) is 8.42 Å². The van der Waals surface area contributed by atoms with Crippen LogP contribution in [0.25, 0.3) is 0 Å². The monoisotopic (exact) mass is 372 g/mol. The average Bonchev–Trinajstić information content (AvgIpc) is 3.18. The summed E-state index contributed by atoms with van der Waals surface area (Å²) in [6.07, 6.45) is 2.19. The van der Waals surface area contributed by atoms with Crippen LogP contribution in [-0.2, 0) is 14.8 Å². The molecule has 6 heteroatoms. The van der Waals surface area contributed by atoms with Crippen molar-refractivity contribution in [1.29, 1.82) is 0 Å². The minimum absolute atomic E-state index is 0.0866. The number of nitrogens with zero attached hydrogens (tertiary/aromatic N) is 1. The molecular weight excluding hydrogens is 348 g/mol. The highest BCUT2D eigenvalue weighted by atomic mass is 32.2. The molecule has 3 rings (SSSR count). The number of anilines is 1. The lowest BCUT2D eigenvalue weighted by molar-refractivity contribution is -0.116. The highest BCUT2D eigenvalue weighted by molar-refractivity contribution is 7.89. The summed E-state index contributed by atoms with van der Waals surface area (Å²) in [6, 6.07) is 16.3. The Kier molecular flexibility index (Phi) is 5.74. The highest BCUT2D eigenvalue weighted by Gasteiger charge is 2.26. The van der Waals surface area contributed by atoms with Crippen molar-refractivity contribution in [2.75, 3.05) is 18.4 Å². The molecule has 1 amide bonds. The molecule has 1 saturated heterocycles. The van der Waals surface area contributed by atoms with E-state index in [0.717, 1.165) is 18.4 Å². The molecule has 0 aliphatic carbocycles. The van der Waals surface area contributed by atoms with Crippen molar-refractivity contribution < 1.29 is 13.2 Å². The van der Waals surface area contributed by atoms with Gasteiger partial charge in [0.25, 0.3) is 0 Å². The topological polar surface area (TPSA) is 66.5 Å². The smallest absolute Gasteiger partial charge is 0.243 e. The van der Waals surface area contributed by atoms with Crippen molar-refractivity contribution in [3.63, 3.8) is 0 Å². The molecule has 0 saturated carbocycles. The first-order valence-electron chi connectivity index (χ1n) is 8.92. The van der Waals surface area contributed by atoms with Crippen molar-refractivity contribution in [1.82, 2.24) is 4.31 Å². The van der Waals surface area contributed by atoms with Gasteiger partial charge in [0.05, 0.1) is 4.90 Å². The molecule has 26 heavy (non-hydrogen) atoms. The second kappa shape index (κ2) is 8.01. The summed E-state index contributed by atoms with van der Waals surface area (Å²) in [4.78, 5) is 12.5. The zero-order valence-electron chi connectivity index (χ0n) is 14.9. The SMILES string of the molecule is C[C@H](CC(=O)Nc1ccc(S(=O)(=O)N2CCCC2)cc1)c1ccccc1. The van der Waals surface area contributed by atoms with Gasteiger partial charge in [0.2, 0.25) is 15.9 Å². The summed E-state index contributed by atoms with van der Waals surface area (Å²) in [5.41, 5.74) is 1.73. The molecule has 5 nitrogen and oxygen atoms in total. The average molecular weight is 372 g/mol. The maximum absolute atomic E-state index is 12.5. The van der Waals surface area contributed by atoms with E-state index >= 15 is 0 Å². The normalized spacial score (nSPS) is 16.3. The number of amides is 1. The summed E-state index contributed by atoms with van der Waals surface area (Å²) in [6.45, 7) is 3.18. The van der Waals surface area contributed by atoms with Crippen LogP contribution in [0.4, 0.5) is 5.69 Å². The molecule has 2 aromatic rings. The molecule has 1 atom stereocenters. The second-order valence-electron chi connectivity index (χ2n) is 6.70. The Morgan fingerprint density at radius 3 is 2.27 bits per heavy atom. The van der Waals surface area contributed by atoms with Crippen LogP contribution in [0, 0.1) is 0 Å². The summed E-state index contributed by atoms with van der Waals surface area (Å²) in [5, 5.41) is 2.84. The van der Waals surface area contributed by atoms with Gasteiger partial charge in [-0.15, -0.1) is 0 Å². The molecule has 1 N–H and O–H groups in total. The number of sulfonamides is 1. The van der Waals surface area contributed by atoms with E-state index in [0.29, 0.717) is 25.2 Å². The quantitative estimate of drug-likeness (QED) is 0.842. The van der Waals surface area contributed by atoms with Gasteiger partial charge in [0.1, 0.15) is 0 Å². The lowest BCUT2D eigenvalue weighted by Crippen LogP contribution is -2.27. The molecule has 138 valence electrons. The van der Waals surface area contributed by atoms with Crippen molar-refractivity contribution >= 4 is 21.6 Å². The number of benzene rings is 2. The number of carbonyl (C=O) groups is 1. The van der Waals surface area contributed by atoms with Crippen LogP contribution in [0.3, 0.4) is 0 Å². The Labute approximate surface area is 155 Å². The first-order valence-corrected chi connectivity index (χ1v) is 10.4. The Balaban J connectivity index is 1.61. The first-order chi connectivity index (χ1) is 12.5. The first kappa shape index (κ1) is 18.6. The van der Waals surface area contributed by atoms with E-state index in [1.807, 2.05) is 37.3 Å². The summed E-state index contributed by atoms with van der Waals surface area (Å²) in [5.74, 6) is 0.0301. The number of rotatable bonds is 6. The third-order valence-electron chi connectivity index (χ3n) is 4.70. The van der Waals surface area contributed by atoms with Crippen LogP contribution in [0.2, 0.25) is 0 Å². The summed E-state index contributed by atoms with van der Waals surface area (Å²) < 4.78 is 26.5. The van der Waals surface area contributed by atoms with Gasteiger partial charge >= 0.3 is 0 Å². The Morgan fingerprint density at radius 2 is 1.65 bits per heavy atom. The van der Waals surface area contributed by atoms with Crippen LogP contribution in [-0.4, -0.2) is 31.7 Å². The van der Waals surface area contributed by atoms with Crippen molar-refractivity contribution in [2.45, 2.75) is 37.0 Å². The van der Waals surface area contributed by atoms with Crippen LogP contribution in [0.15, 0.2) is 59.5 Å². The van der Waals surface area contributed by atoms with Crippen LogP contribution in [0.5, 0.6) is 0 Å². The summed E-state index contributed by atoms with van der Waals surface area (Å²) in [7, 11) is -3.42. The maximum Gasteiger partial charge on any atom is 0.243 e. The number of hydrogen-bond acceptors (Lipinski definition) is 3. The molecule has 0 radical (unpaired) electrons. The standard InChI is InChI=1S/C20H24N2O3S/c1-16(17-7-3-2-4-8-17)15-20(23)21-18-9-11-19(12-10-18)26(24,25)22-13-5-6-14-22/h2-4,7-12,16H,5-6,13-15H2,1H3,(H,21,23)/t16-/m1/s1. The van der Waals surface area contributed by atoms with E-state index in [2.05, 4.69) is 5.32 Å². The molecule has 2 aromatic carbocycles. The van der Waals surface area contributed by atoms with Gasteiger partial charge in [-0.05, 0) is 48.6 Å².